The number of sulfone groups is 1. The van der Waals surface area contributed by atoms with Gasteiger partial charge in [0.15, 0.2) is 4.91 Å². The van der Waals surface area contributed by atoms with Crippen LogP contribution in [0.1, 0.15) is 0 Å². The summed E-state index contributed by atoms with van der Waals surface area (Å²) in [6.45, 7) is 0. The number of nitrogens with two attached hydrogens (primary N) is 1. The van der Waals surface area contributed by atoms with Crippen LogP contribution in [0.15, 0.2) is 40.3 Å². The lowest BCUT2D eigenvalue weighted by Gasteiger charge is -2.07. The molecule has 1 aromatic carbocycles. The molecule has 0 spiro atoms. The van der Waals surface area contributed by atoms with E-state index in [-0.39, 0.29) is 0 Å². The molecule has 7 heteroatoms. The van der Waals surface area contributed by atoms with E-state index in [0.29, 0.717) is 6.20 Å². The minimum Gasteiger partial charge on any atom is -0.465 e. The molecule has 0 saturated heterocycles. The van der Waals surface area contributed by atoms with E-state index in [1.54, 1.807) is 0 Å². The lowest BCUT2D eigenvalue weighted by Crippen LogP contribution is -2.17. The first-order chi connectivity index (χ1) is 7.95. The molecular weight excluding hydrogens is 249 g/mol. The minimum atomic E-state index is -4.31. The summed E-state index contributed by atoms with van der Waals surface area (Å²) in [5, 5.41) is 0. The van der Waals surface area contributed by atoms with Crippen molar-refractivity contribution in [1.82, 2.24) is 0 Å². The van der Waals surface area contributed by atoms with Gasteiger partial charge in [-0.15, -0.1) is 0 Å². The van der Waals surface area contributed by atoms with E-state index >= 15 is 0 Å². The van der Waals surface area contributed by atoms with Crippen LogP contribution < -0.4 is 5.73 Å². The zero-order chi connectivity index (χ0) is 13.1. The van der Waals surface area contributed by atoms with Gasteiger partial charge in [0.05, 0.1) is 7.11 Å². The summed E-state index contributed by atoms with van der Waals surface area (Å²) >= 11 is 0. The molecule has 0 aromatic heterocycles. The molecule has 0 atom stereocenters. The molecule has 0 bridgehead atoms. The van der Waals surface area contributed by atoms with E-state index in [0.717, 1.165) is 19.2 Å². The Hall–Kier alpha value is -1.89. The monoisotopic (exact) mass is 259 g/mol. The van der Waals surface area contributed by atoms with E-state index in [1.807, 2.05) is 0 Å². The van der Waals surface area contributed by atoms with Crippen molar-refractivity contribution in [2.24, 2.45) is 5.73 Å². The number of rotatable bonds is 3. The fourth-order valence-corrected chi connectivity index (χ4v) is 2.45. The van der Waals surface area contributed by atoms with Crippen molar-refractivity contribution in [3.8, 4) is 0 Å². The SMILES string of the molecule is COC(=O)/C(=C\N)S(=O)(=O)c1ccccc1F. The van der Waals surface area contributed by atoms with Crippen molar-refractivity contribution in [2.45, 2.75) is 4.90 Å². The van der Waals surface area contributed by atoms with Gasteiger partial charge in [0.1, 0.15) is 10.7 Å². The van der Waals surface area contributed by atoms with E-state index in [2.05, 4.69) is 4.74 Å². The first-order valence-electron chi connectivity index (χ1n) is 4.45. The normalized spacial score (nSPS) is 12.2. The van der Waals surface area contributed by atoms with Gasteiger partial charge >= 0.3 is 5.97 Å². The summed E-state index contributed by atoms with van der Waals surface area (Å²) < 4.78 is 41.4. The average molecular weight is 259 g/mol. The Bertz CT molecular complexity index is 565. The fraction of sp³-hybridized carbons (Fsp3) is 0.100. The maximum Gasteiger partial charge on any atom is 0.351 e. The molecule has 0 aliphatic heterocycles. The number of hydrogen-bond donors (Lipinski definition) is 1. The van der Waals surface area contributed by atoms with Crippen LogP contribution in [0.3, 0.4) is 0 Å². The number of carbonyl (C=O) groups excluding carboxylic acids is 1. The number of ether oxygens (including phenoxy) is 1. The molecule has 1 rings (SSSR count). The summed E-state index contributed by atoms with van der Waals surface area (Å²) in [6.07, 6.45) is 0.577. The summed E-state index contributed by atoms with van der Waals surface area (Å²) in [5.74, 6) is -2.11. The Kier molecular flexibility index (Phi) is 3.84. The average Bonchev–Trinajstić information content (AvgIpc) is 2.29. The fourth-order valence-electron chi connectivity index (χ4n) is 1.15. The first kappa shape index (κ1) is 13.2. The third-order valence-corrected chi connectivity index (χ3v) is 3.75. The van der Waals surface area contributed by atoms with E-state index in [9.17, 15) is 17.6 Å². The number of methoxy groups -OCH3 is 1. The lowest BCUT2D eigenvalue weighted by molar-refractivity contribution is -0.135. The number of carbonyl (C=O) groups is 1. The van der Waals surface area contributed by atoms with Crippen LogP contribution in [0, 0.1) is 5.82 Å². The van der Waals surface area contributed by atoms with Crippen LogP contribution in [0.2, 0.25) is 0 Å². The highest BCUT2D eigenvalue weighted by Gasteiger charge is 2.29. The Morgan fingerprint density at radius 3 is 2.47 bits per heavy atom. The summed E-state index contributed by atoms with van der Waals surface area (Å²) in [4.78, 5) is 9.78. The Balaban J connectivity index is 3.39. The maximum absolute atomic E-state index is 13.3. The molecular formula is C10H10FNO4S. The van der Waals surface area contributed by atoms with Gasteiger partial charge < -0.3 is 10.5 Å². The first-order valence-corrected chi connectivity index (χ1v) is 5.93. The second kappa shape index (κ2) is 4.96. The number of hydrogen-bond acceptors (Lipinski definition) is 5. The number of halogens is 1. The third kappa shape index (κ3) is 2.44. The van der Waals surface area contributed by atoms with Gasteiger partial charge in [0, 0.05) is 6.20 Å². The van der Waals surface area contributed by atoms with E-state index < -0.39 is 31.4 Å². The third-order valence-electron chi connectivity index (χ3n) is 1.95. The summed E-state index contributed by atoms with van der Waals surface area (Å²) in [7, 11) is -3.30. The molecule has 17 heavy (non-hydrogen) atoms. The largest absolute Gasteiger partial charge is 0.465 e. The van der Waals surface area contributed by atoms with Crippen LogP contribution in [0.5, 0.6) is 0 Å². The predicted molar refractivity (Wildman–Crippen MR) is 57.9 cm³/mol. The number of esters is 1. The van der Waals surface area contributed by atoms with Crippen LogP contribution >= 0.6 is 0 Å². The highest BCUT2D eigenvalue weighted by Crippen LogP contribution is 2.22. The zero-order valence-corrected chi connectivity index (χ0v) is 9.70. The molecule has 2 N–H and O–H groups in total. The van der Waals surface area contributed by atoms with Crippen molar-refractivity contribution in [3.63, 3.8) is 0 Å². The summed E-state index contributed by atoms with van der Waals surface area (Å²) in [6, 6.07) is 4.68. The van der Waals surface area contributed by atoms with Crippen molar-refractivity contribution < 1.29 is 22.3 Å². The second-order valence-corrected chi connectivity index (χ2v) is 4.84. The van der Waals surface area contributed by atoms with Crippen molar-refractivity contribution in [1.29, 1.82) is 0 Å². The van der Waals surface area contributed by atoms with E-state index in [1.165, 1.54) is 12.1 Å². The molecule has 0 amide bonds. The Morgan fingerprint density at radius 2 is 2.00 bits per heavy atom. The van der Waals surface area contributed by atoms with Crippen LogP contribution in [-0.2, 0) is 19.4 Å². The lowest BCUT2D eigenvalue weighted by atomic mass is 10.3. The molecule has 0 unspecified atom stereocenters. The highest BCUT2D eigenvalue weighted by molar-refractivity contribution is 7.96. The smallest absolute Gasteiger partial charge is 0.351 e. The van der Waals surface area contributed by atoms with Crippen molar-refractivity contribution >= 4 is 15.8 Å². The quantitative estimate of drug-likeness (QED) is 0.633. The Morgan fingerprint density at radius 1 is 1.41 bits per heavy atom. The molecule has 92 valence electrons. The predicted octanol–water partition coefficient (Wildman–Crippen LogP) is 0.572. The topological polar surface area (TPSA) is 86.5 Å². The highest BCUT2D eigenvalue weighted by atomic mass is 32.2. The van der Waals surface area contributed by atoms with Crippen molar-refractivity contribution in [2.75, 3.05) is 7.11 Å². The molecule has 0 radical (unpaired) electrons. The molecule has 5 nitrogen and oxygen atoms in total. The molecule has 0 saturated carbocycles. The van der Waals surface area contributed by atoms with Gasteiger partial charge in [-0.1, -0.05) is 12.1 Å². The molecule has 1 aromatic rings. The minimum absolute atomic E-state index is 0.577. The summed E-state index contributed by atoms with van der Waals surface area (Å²) in [5.41, 5.74) is 5.06. The van der Waals surface area contributed by atoms with Gasteiger partial charge in [0.2, 0.25) is 9.84 Å². The van der Waals surface area contributed by atoms with Crippen LogP contribution in [0.25, 0.3) is 0 Å². The van der Waals surface area contributed by atoms with Gasteiger partial charge in [-0.2, -0.15) is 0 Å². The van der Waals surface area contributed by atoms with Gasteiger partial charge in [-0.05, 0) is 12.1 Å². The molecule has 0 heterocycles. The second-order valence-electron chi connectivity index (χ2n) is 2.96. The molecule has 0 fully saturated rings. The standard InChI is InChI=1S/C10H10FNO4S/c1-16-10(13)9(6-12)17(14,15)8-5-3-2-4-7(8)11/h2-6H,12H2,1H3/b9-6+. The molecule has 0 aliphatic rings. The van der Waals surface area contributed by atoms with E-state index in [4.69, 9.17) is 5.73 Å². The maximum atomic E-state index is 13.3. The van der Waals surface area contributed by atoms with Crippen LogP contribution in [-0.4, -0.2) is 21.5 Å². The zero-order valence-electron chi connectivity index (χ0n) is 8.88. The van der Waals surface area contributed by atoms with Gasteiger partial charge in [0.25, 0.3) is 0 Å². The Labute approximate surface area is 97.6 Å². The van der Waals surface area contributed by atoms with Crippen LogP contribution in [0.4, 0.5) is 4.39 Å². The number of benzene rings is 1. The van der Waals surface area contributed by atoms with Crippen molar-refractivity contribution in [3.05, 3.63) is 41.2 Å². The molecule has 0 aliphatic carbocycles. The van der Waals surface area contributed by atoms with Gasteiger partial charge in [-0.3, -0.25) is 0 Å². The van der Waals surface area contributed by atoms with Gasteiger partial charge in [-0.25, -0.2) is 17.6 Å².